The molecule has 0 saturated carbocycles. The highest BCUT2D eigenvalue weighted by Gasteiger charge is 2.25. The Bertz CT molecular complexity index is 1240. The number of hydrogen-bond donors (Lipinski definition) is 0. The summed E-state index contributed by atoms with van der Waals surface area (Å²) in [4.78, 5) is 18.5. The summed E-state index contributed by atoms with van der Waals surface area (Å²) in [5.41, 5.74) is 2.84. The van der Waals surface area contributed by atoms with Gasteiger partial charge in [-0.25, -0.2) is 9.97 Å². The molecule has 1 atom stereocenters. The Morgan fingerprint density at radius 2 is 2.06 bits per heavy atom. The number of para-hydroxylation sites is 1. The first-order chi connectivity index (χ1) is 16.1. The molecule has 0 unspecified atom stereocenters. The van der Waals surface area contributed by atoms with Gasteiger partial charge in [-0.15, -0.1) is 0 Å². The quantitative estimate of drug-likeness (QED) is 0.426. The first-order valence-electron chi connectivity index (χ1n) is 11.3. The number of fused-ring (bicyclic) bond motifs is 1. The van der Waals surface area contributed by atoms with E-state index in [2.05, 4.69) is 28.1 Å². The van der Waals surface area contributed by atoms with E-state index in [0.717, 1.165) is 77.9 Å². The number of anilines is 1. The summed E-state index contributed by atoms with van der Waals surface area (Å²) in [6.07, 6.45) is 5.83. The van der Waals surface area contributed by atoms with Crippen LogP contribution in [0.15, 0.2) is 59.3 Å². The molecule has 0 bridgehead atoms. The molecule has 1 aliphatic rings. The lowest BCUT2D eigenvalue weighted by atomic mass is 9.94. The van der Waals surface area contributed by atoms with Gasteiger partial charge in [0.05, 0.1) is 19.3 Å². The summed E-state index contributed by atoms with van der Waals surface area (Å²) in [5, 5.41) is 1.07. The fraction of sp³-hybridized carbons (Fsp3) is 0.346. The molecule has 7 heteroatoms. The number of furan rings is 1. The van der Waals surface area contributed by atoms with Crippen LogP contribution in [0.3, 0.4) is 0 Å². The average molecular weight is 444 g/mol. The molecule has 4 aromatic rings. The second-order valence-corrected chi connectivity index (χ2v) is 8.78. The molecule has 1 aliphatic heterocycles. The lowest BCUT2D eigenvalue weighted by molar-refractivity contribution is 0.186. The van der Waals surface area contributed by atoms with Crippen LogP contribution >= 0.6 is 0 Å². The maximum Gasteiger partial charge on any atom is 0.176 e. The molecule has 1 aromatic carbocycles. The number of rotatable bonds is 6. The van der Waals surface area contributed by atoms with Crippen molar-refractivity contribution in [2.45, 2.75) is 25.3 Å². The molecule has 0 amide bonds. The summed E-state index contributed by atoms with van der Waals surface area (Å²) >= 11 is 0. The molecule has 1 saturated heterocycles. The van der Waals surface area contributed by atoms with Crippen molar-refractivity contribution in [3.05, 3.63) is 66.3 Å². The molecule has 33 heavy (non-hydrogen) atoms. The first-order valence-corrected chi connectivity index (χ1v) is 11.3. The maximum absolute atomic E-state index is 6.16. The van der Waals surface area contributed by atoms with Gasteiger partial charge in [-0.2, -0.15) is 0 Å². The third kappa shape index (κ3) is 4.54. The average Bonchev–Trinajstić information content (AvgIpc) is 3.27. The number of likely N-dealkylation sites (tertiary alicyclic amines) is 1. The van der Waals surface area contributed by atoms with Crippen molar-refractivity contribution in [2.24, 2.45) is 0 Å². The number of pyridine rings is 1. The Balaban J connectivity index is 1.39. The summed E-state index contributed by atoms with van der Waals surface area (Å²) in [5.74, 6) is 3.72. The highest BCUT2D eigenvalue weighted by Crippen LogP contribution is 2.32. The molecule has 0 N–H and O–H groups in total. The van der Waals surface area contributed by atoms with Gasteiger partial charge >= 0.3 is 0 Å². The zero-order valence-electron chi connectivity index (χ0n) is 19.4. The topological polar surface area (TPSA) is 67.5 Å². The van der Waals surface area contributed by atoms with Gasteiger partial charge in [0.1, 0.15) is 11.6 Å². The molecule has 4 heterocycles. The van der Waals surface area contributed by atoms with Gasteiger partial charge in [0.2, 0.25) is 0 Å². The van der Waals surface area contributed by atoms with Crippen LogP contribution < -0.4 is 9.64 Å². The van der Waals surface area contributed by atoms with Crippen molar-refractivity contribution >= 4 is 16.8 Å². The molecule has 0 aliphatic carbocycles. The van der Waals surface area contributed by atoms with E-state index in [0.29, 0.717) is 5.92 Å². The van der Waals surface area contributed by atoms with E-state index in [1.54, 1.807) is 13.3 Å². The van der Waals surface area contributed by atoms with E-state index in [-0.39, 0.29) is 0 Å². The van der Waals surface area contributed by atoms with Crippen molar-refractivity contribution in [3.63, 3.8) is 0 Å². The lowest BCUT2D eigenvalue weighted by Crippen LogP contribution is -2.34. The Morgan fingerprint density at radius 3 is 2.85 bits per heavy atom. The maximum atomic E-state index is 6.16. The van der Waals surface area contributed by atoms with E-state index in [4.69, 9.17) is 19.1 Å². The second kappa shape index (κ2) is 9.19. The van der Waals surface area contributed by atoms with Crippen molar-refractivity contribution in [3.8, 4) is 17.1 Å². The SMILES string of the molecule is COc1cccc2cc(CN3CCC[C@@H](c4cc(N(C)C)nc(-c5cccnc5)n4)C3)oc12. The minimum Gasteiger partial charge on any atom is -0.493 e. The van der Waals surface area contributed by atoms with Gasteiger partial charge in [0, 0.05) is 56.0 Å². The van der Waals surface area contributed by atoms with E-state index < -0.39 is 0 Å². The fourth-order valence-electron chi connectivity index (χ4n) is 4.50. The molecule has 7 nitrogen and oxygen atoms in total. The number of methoxy groups -OCH3 is 1. The number of benzene rings is 1. The van der Waals surface area contributed by atoms with Crippen molar-refractivity contribution in [1.29, 1.82) is 0 Å². The predicted octanol–water partition coefficient (Wildman–Crippen LogP) is 4.74. The van der Waals surface area contributed by atoms with Crippen molar-refractivity contribution in [2.75, 3.05) is 39.2 Å². The van der Waals surface area contributed by atoms with E-state index in [9.17, 15) is 0 Å². The normalized spacial score (nSPS) is 16.8. The third-order valence-corrected chi connectivity index (χ3v) is 6.19. The number of aromatic nitrogens is 3. The number of ether oxygens (including phenoxy) is 1. The van der Waals surface area contributed by atoms with Gasteiger partial charge in [0.15, 0.2) is 17.2 Å². The Kier molecular flexibility index (Phi) is 5.96. The Hall–Kier alpha value is -3.45. The van der Waals surface area contributed by atoms with Crippen LogP contribution in [0.25, 0.3) is 22.4 Å². The van der Waals surface area contributed by atoms with E-state index in [1.165, 1.54) is 0 Å². The van der Waals surface area contributed by atoms with Crippen LogP contribution in [0.1, 0.15) is 30.2 Å². The van der Waals surface area contributed by atoms with Crippen LogP contribution in [0, 0.1) is 0 Å². The zero-order chi connectivity index (χ0) is 22.8. The second-order valence-electron chi connectivity index (χ2n) is 8.78. The van der Waals surface area contributed by atoms with E-state index >= 15 is 0 Å². The molecule has 0 spiro atoms. The van der Waals surface area contributed by atoms with Gasteiger partial charge in [-0.05, 0) is 43.7 Å². The first kappa shape index (κ1) is 21.4. The molecular formula is C26H29N5O2. The van der Waals surface area contributed by atoms with Crippen LogP contribution in [-0.4, -0.2) is 54.1 Å². The molecule has 1 fully saturated rings. The lowest BCUT2D eigenvalue weighted by Gasteiger charge is -2.32. The highest BCUT2D eigenvalue weighted by molar-refractivity contribution is 5.83. The largest absolute Gasteiger partial charge is 0.493 e. The third-order valence-electron chi connectivity index (χ3n) is 6.19. The van der Waals surface area contributed by atoms with Crippen molar-refractivity contribution in [1.82, 2.24) is 19.9 Å². The minimum absolute atomic E-state index is 0.342. The minimum atomic E-state index is 0.342. The van der Waals surface area contributed by atoms with Crippen LogP contribution in [-0.2, 0) is 6.54 Å². The number of nitrogens with zero attached hydrogens (tertiary/aromatic N) is 5. The monoisotopic (exact) mass is 443 g/mol. The molecular weight excluding hydrogens is 414 g/mol. The fourth-order valence-corrected chi connectivity index (χ4v) is 4.50. The van der Waals surface area contributed by atoms with Crippen LogP contribution in [0.4, 0.5) is 5.82 Å². The summed E-state index contributed by atoms with van der Waals surface area (Å²) in [7, 11) is 5.71. The molecule has 3 aromatic heterocycles. The Morgan fingerprint density at radius 1 is 1.15 bits per heavy atom. The zero-order valence-corrected chi connectivity index (χ0v) is 19.4. The Labute approximate surface area is 194 Å². The van der Waals surface area contributed by atoms with Gasteiger partial charge in [-0.1, -0.05) is 12.1 Å². The van der Waals surface area contributed by atoms with Gasteiger partial charge in [0.25, 0.3) is 0 Å². The van der Waals surface area contributed by atoms with E-state index in [1.807, 2.05) is 49.5 Å². The predicted molar refractivity (Wildman–Crippen MR) is 130 cm³/mol. The van der Waals surface area contributed by atoms with Crippen molar-refractivity contribution < 1.29 is 9.15 Å². The number of piperidine rings is 1. The smallest absolute Gasteiger partial charge is 0.176 e. The molecule has 170 valence electrons. The number of hydrogen-bond acceptors (Lipinski definition) is 7. The van der Waals surface area contributed by atoms with Gasteiger partial charge in [-0.3, -0.25) is 9.88 Å². The highest BCUT2D eigenvalue weighted by atomic mass is 16.5. The molecule has 0 radical (unpaired) electrons. The summed E-state index contributed by atoms with van der Waals surface area (Å²) in [6, 6.07) is 14.2. The molecule has 5 rings (SSSR count). The summed E-state index contributed by atoms with van der Waals surface area (Å²) < 4.78 is 11.6. The van der Waals surface area contributed by atoms with Gasteiger partial charge < -0.3 is 14.1 Å². The standard InChI is InChI=1S/C26H29N5O2/c1-30(2)24-14-22(28-26(29-24)19-8-5-11-27-15-19)20-9-6-12-31(16-20)17-21-13-18-7-4-10-23(32-3)25(18)33-21/h4-5,7-8,10-11,13-15,20H,6,9,12,16-17H2,1-3H3/t20-/m1/s1. The van der Waals surface area contributed by atoms with Crippen LogP contribution in [0.5, 0.6) is 5.75 Å². The summed E-state index contributed by atoms with van der Waals surface area (Å²) in [6.45, 7) is 2.76. The van der Waals surface area contributed by atoms with Crippen LogP contribution in [0.2, 0.25) is 0 Å².